The fourth-order valence-electron chi connectivity index (χ4n) is 2.68. The van der Waals surface area contributed by atoms with E-state index >= 15 is 0 Å². The average molecular weight is 239 g/mol. The molecule has 17 heavy (non-hydrogen) atoms. The quantitative estimate of drug-likeness (QED) is 0.710. The SMILES string of the molecule is CCCCC(CC)C(=O)N1CCCCCCC1. The van der Waals surface area contributed by atoms with Gasteiger partial charge in [-0.3, -0.25) is 4.79 Å². The van der Waals surface area contributed by atoms with Crippen LogP contribution in [-0.2, 0) is 4.79 Å². The highest BCUT2D eigenvalue weighted by Crippen LogP contribution is 2.18. The van der Waals surface area contributed by atoms with Gasteiger partial charge in [0.05, 0.1) is 0 Å². The van der Waals surface area contributed by atoms with E-state index in [1.807, 2.05) is 0 Å². The molecule has 1 fully saturated rings. The molecular formula is C15H29NO. The standard InChI is InChI=1S/C15H29NO/c1-3-5-11-14(4-2)15(17)16-12-9-7-6-8-10-13-16/h14H,3-13H2,1-2H3. The zero-order chi connectivity index (χ0) is 12.5. The van der Waals surface area contributed by atoms with E-state index in [-0.39, 0.29) is 5.92 Å². The molecule has 1 amide bonds. The third-order valence-corrected chi connectivity index (χ3v) is 3.92. The molecule has 0 aromatic heterocycles. The van der Waals surface area contributed by atoms with Crippen LogP contribution in [0.3, 0.4) is 0 Å². The van der Waals surface area contributed by atoms with Gasteiger partial charge in [-0.2, -0.15) is 0 Å². The van der Waals surface area contributed by atoms with Gasteiger partial charge in [0.15, 0.2) is 0 Å². The lowest BCUT2D eigenvalue weighted by Crippen LogP contribution is -2.38. The Bertz CT molecular complexity index is 207. The molecule has 0 spiro atoms. The number of hydrogen-bond acceptors (Lipinski definition) is 1. The summed E-state index contributed by atoms with van der Waals surface area (Å²) in [5.74, 6) is 0.720. The molecule has 2 nitrogen and oxygen atoms in total. The topological polar surface area (TPSA) is 20.3 Å². The van der Waals surface area contributed by atoms with Crippen molar-refractivity contribution in [2.75, 3.05) is 13.1 Å². The monoisotopic (exact) mass is 239 g/mol. The second-order valence-corrected chi connectivity index (χ2v) is 5.34. The lowest BCUT2D eigenvalue weighted by atomic mass is 9.97. The van der Waals surface area contributed by atoms with Crippen LogP contribution in [0, 0.1) is 5.92 Å². The summed E-state index contributed by atoms with van der Waals surface area (Å²) in [4.78, 5) is 14.6. The van der Waals surface area contributed by atoms with Crippen molar-refractivity contribution in [3.8, 4) is 0 Å². The Morgan fingerprint density at radius 2 is 1.65 bits per heavy atom. The first kappa shape index (κ1) is 14.5. The van der Waals surface area contributed by atoms with E-state index in [1.54, 1.807) is 0 Å². The van der Waals surface area contributed by atoms with E-state index in [4.69, 9.17) is 0 Å². The van der Waals surface area contributed by atoms with Crippen LogP contribution in [0.1, 0.15) is 71.6 Å². The van der Waals surface area contributed by atoms with Crippen LogP contribution < -0.4 is 0 Å². The van der Waals surface area contributed by atoms with Gasteiger partial charge in [-0.05, 0) is 25.7 Å². The molecule has 0 bridgehead atoms. The van der Waals surface area contributed by atoms with Crippen molar-refractivity contribution >= 4 is 5.91 Å². The molecule has 2 heteroatoms. The van der Waals surface area contributed by atoms with Crippen molar-refractivity contribution < 1.29 is 4.79 Å². The highest BCUT2D eigenvalue weighted by Gasteiger charge is 2.22. The Morgan fingerprint density at radius 3 is 2.18 bits per heavy atom. The number of likely N-dealkylation sites (tertiary alicyclic amines) is 1. The third-order valence-electron chi connectivity index (χ3n) is 3.92. The summed E-state index contributed by atoms with van der Waals surface area (Å²) in [5, 5.41) is 0. The van der Waals surface area contributed by atoms with Crippen LogP contribution in [0.25, 0.3) is 0 Å². The highest BCUT2D eigenvalue weighted by molar-refractivity contribution is 5.78. The van der Waals surface area contributed by atoms with Crippen molar-refractivity contribution in [2.45, 2.75) is 71.6 Å². The van der Waals surface area contributed by atoms with Crippen molar-refractivity contribution in [2.24, 2.45) is 5.92 Å². The Morgan fingerprint density at radius 1 is 1.06 bits per heavy atom. The second-order valence-electron chi connectivity index (χ2n) is 5.34. The van der Waals surface area contributed by atoms with Crippen LogP contribution in [-0.4, -0.2) is 23.9 Å². The Balaban J connectivity index is 2.45. The number of amides is 1. The Labute approximate surface area is 107 Å². The Kier molecular flexibility index (Phi) is 7.30. The zero-order valence-electron chi connectivity index (χ0n) is 11.7. The Hall–Kier alpha value is -0.530. The molecule has 1 unspecified atom stereocenters. The normalized spacial score (nSPS) is 19.5. The third kappa shape index (κ3) is 5.10. The average Bonchev–Trinajstić information content (AvgIpc) is 2.29. The van der Waals surface area contributed by atoms with E-state index in [0.717, 1.165) is 25.9 Å². The minimum atomic E-state index is 0.286. The van der Waals surface area contributed by atoms with Gasteiger partial charge in [-0.15, -0.1) is 0 Å². The number of carbonyl (C=O) groups excluding carboxylic acids is 1. The first-order valence-electron chi connectivity index (χ1n) is 7.58. The summed E-state index contributed by atoms with van der Waals surface area (Å²) >= 11 is 0. The molecule has 100 valence electrons. The summed E-state index contributed by atoms with van der Waals surface area (Å²) in [6.07, 6.45) is 10.9. The van der Waals surface area contributed by atoms with Crippen LogP contribution in [0.4, 0.5) is 0 Å². The molecule has 1 saturated heterocycles. The predicted octanol–water partition coefficient (Wildman–Crippen LogP) is 4.00. The molecule has 1 aliphatic heterocycles. The molecule has 0 N–H and O–H groups in total. The smallest absolute Gasteiger partial charge is 0.225 e. The molecule has 1 atom stereocenters. The lowest BCUT2D eigenvalue weighted by Gasteiger charge is -2.28. The van der Waals surface area contributed by atoms with Crippen molar-refractivity contribution in [3.63, 3.8) is 0 Å². The molecule has 0 aromatic rings. The van der Waals surface area contributed by atoms with Crippen molar-refractivity contribution in [3.05, 3.63) is 0 Å². The molecule has 1 rings (SSSR count). The molecule has 0 radical (unpaired) electrons. The maximum atomic E-state index is 12.4. The predicted molar refractivity (Wildman–Crippen MR) is 73.0 cm³/mol. The highest BCUT2D eigenvalue weighted by atomic mass is 16.2. The summed E-state index contributed by atoms with van der Waals surface area (Å²) in [7, 11) is 0. The van der Waals surface area contributed by atoms with E-state index in [0.29, 0.717) is 5.91 Å². The fraction of sp³-hybridized carbons (Fsp3) is 0.933. The van der Waals surface area contributed by atoms with Gasteiger partial charge in [0, 0.05) is 19.0 Å². The van der Waals surface area contributed by atoms with Gasteiger partial charge in [0.2, 0.25) is 5.91 Å². The van der Waals surface area contributed by atoms with Crippen molar-refractivity contribution in [1.29, 1.82) is 0 Å². The van der Waals surface area contributed by atoms with Gasteiger partial charge in [0.25, 0.3) is 0 Å². The zero-order valence-corrected chi connectivity index (χ0v) is 11.7. The number of nitrogens with zero attached hydrogens (tertiary/aromatic N) is 1. The molecule has 1 heterocycles. The summed E-state index contributed by atoms with van der Waals surface area (Å²) in [6.45, 7) is 6.36. The van der Waals surface area contributed by atoms with Gasteiger partial charge in [-0.25, -0.2) is 0 Å². The largest absolute Gasteiger partial charge is 0.342 e. The lowest BCUT2D eigenvalue weighted by molar-refractivity contribution is -0.136. The van der Waals surface area contributed by atoms with Crippen molar-refractivity contribution in [1.82, 2.24) is 4.90 Å². The second kappa shape index (κ2) is 8.54. The van der Waals surface area contributed by atoms with Crippen LogP contribution in [0.2, 0.25) is 0 Å². The first-order chi connectivity index (χ1) is 8.29. The fourth-order valence-corrected chi connectivity index (χ4v) is 2.68. The molecule has 1 aliphatic rings. The van der Waals surface area contributed by atoms with E-state index < -0.39 is 0 Å². The summed E-state index contributed by atoms with van der Waals surface area (Å²) in [5.41, 5.74) is 0. The number of unbranched alkanes of at least 4 members (excludes halogenated alkanes) is 1. The van der Waals surface area contributed by atoms with Gasteiger partial charge < -0.3 is 4.90 Å². The van der Waals surface area contributed by atoms with Crippen LogP contribution in [0.5, 0.6) is 0 Å². The van der Waals surface area contributed by atoms with Crippen LogP contribution >= 0.6 is 0 Å². The molecular weight excluding hydrogens is 210 g/mol. The van der Waals surface area contributed by atoms with E-state index in [1.165, 1.54) is 44.9 Å². The maximum Gasteiger partial charge on any atom is 0.225 e. The van der Waals surface area contributed by atoms with E-state index in [9.17, 15) is 4.79 Å². The number of carbonyl (C=O) groups is 1. The minimum Gasteiger partial charge on any atom is -0.342 e. The maximum absolute atomic E-state index is 12.4. The summed E-state index contributed by atoms with van der Waals surface area (Å²) in [6, 6.07) is 0. The molecule has 0 aromatic carbocycles. The van der Waals surface area contributed by atoms with Gasteiger partial charge in [0.1, 0.15) is 0 Å². The first-order valence-corrected chi connectivity index (χ1v) is 7.58. The number of rotatable bonds is 5. The molecule has 0 saturated carbocycles. The minimum absolute atomic E-state index is 0.286. The summed E-state index contributed by atoms with van der Waals surface area (Å²) < 4.78 is 0. The van der Waals surface area contributed by atoms with Gasteiger partial charge in [-0.1, -0.05) is 46.0 Å². The van der Waals surface area contributed by atoms with Crippen LogP contribution in [0.15, 0.2) is 0 Å². The van der Waals surface area contributed by atoms with Gasteiger partial charge >= 0.3 is 0 Å². The number of hydrogen-bond donors (Lipinski definition) is 0. The van der Waals surface area contributed by atoms with E-state index in [2.05, 4.69) is 18.7 Å². The molecule has 0 aliphatic carbocycles.